The third-order valence-electron chi connectivity index (χ3n) is 5.66. The number of rotatable bonds is 3. The third-order valence-corrected chi connectivity index (χ3v) is 5.66. The van der Waals surface area contributed by atoms with Crippen LogP contribution in [0.4, 0.5) is 0 Å². The van der Waals surface area contributed by atoms with Gasteiger partial charge in [-0.25, -0.2) is 0 Å². The number of piperidine rings is 1. The zero-order valence-electron chi connectivity index (χ0n) is 14.3. The largest absolute Gasteiger partial charge is 0.454 e. The summed E-state index contributed by atoms with van der Waals surface area (Å²) in [6, 6.07) is 5.37. The maximum Gasteiger partial charge on any atom is 0.242 e. The van der Waals surface area contributed by atoms with Crippen molar-refractivity contribution in [3.05, 3.63) is 23.8 Å². The van der Waals surface area contributed by atoms with Gasteiger partial charge >= 0.3 is 0 Å². The molecule has 0 spiro atoms. The molecule has 0 aromatic heterocycles. The van der Waals surface area contributed by atoms with Gasteiger partial charge in [-0.05, 0) is 43.4 Å². The van der Waals surface area contributed by atoms with Gasteiger partial charge in [-0.15, -0.1) is 0 Å². The van der Waals surface area contributed by atoms with E-state index >= 15 is 0 Å². The van der Waals surface area contributed by atoms with Gasteiger partial charge in [-0.2, -0.15) is 0 Å². The Bertz CT molecular complexity index is 682. The van der Waals surface area contributed by atoms with Gasteiger partial charge in [0.1, 0.15) is 6.04 Å². The van der Waals surface area contributed by atoms with E-state index in [9.17, 15) is 9.59 Å². The zero-order valence-corrected chi connectivity index (χ0v) is 14.3. The molecule has 134 valence electrons. The molecule has 4 rings (SSSR count). The standard InChI is InChI=1S/C19H24N2O4/c22-17-14(5-4-10-20-17)21-18(23)19(8-2-1-3-9-19)13-6-7-15-16(11-13)25-12-24-15/h6-7,11,14H,1-5,8-10,12H2,(H,20,22)(H,21,23)/t14-/m0/s1. The summed E-state index contributed by atoms with van der Waals surface area (Å²) in [5.74, 6) is 1.32. The van der Waals surface area contributed by atoms with Crippen LogP contribution >= 0.6 is 0 Å². The van der Waals surface area contributed by atoms with E-state index in [1.165, 1.54) is 0 Å². The first-order valence-electron chi connectivity index (χ1n) is 9.18. The van der Waals surface area contributed by atoms with E-state index in [1.807, 2.05) is 18.2 Å². The normalized spacial score (nSPS) is 24.5. The van der Waals surface area contributed by atoms with Gasteiger partial charge in [0.05, 0.1) is 5.41 Å². The minimum Gasteiger partial charge on any atom is -0.454 e. The van der Waals surface area contributed by atoms with Crippen molar-refractivity contribution in [2.75, 3.05) is 13.3 Å². The van der Waals surface area contributed by atoms with E-state index in [1.54, 1.807) is 0 Å². The Hall–Kier alpha value is -2.24. The summed E-state index contributed by atoms with van der Waals surface area (Å²) in [5, 5.41) is 5.86. The number of hydrogen-bond donors (Lipinski definition) is 2. The number of fused-ring (bicyclic) bond motifs is 1. The molecule has 25 heavy (non-hydrogen) atoms. The molecule has 0 radical (unpaired) electrons. The fourth-order valence-electron chi connectivity index (χ4n) is 4.20. The Morgan fingerprint density at radius 3 is 2.72 bits per heavy atom. The van der Waals surface area contributed by atoms with Crippen molar-refractivity contribution in [3.63, 3.8) is 0 Å². The Kier molecular flexibility index (Phi) is 4.27. The molecule has 6 heteroatoms. The molecule has 1 aromatic rings. The second-order valence-corrected chi connectivity index (χ2v) is 7.17. The topological polar surface area (TPSA) is 76.7 Å². The number of nitrogens with one attached hydrogen (secondary N) is 2. The Morgan fingerprint density at radius 1 is 1.12 bits per heavy atom. The van der Waals surface area contributed by atoms with Crippen LogP contribution < -0.4 is 20.1 Å². The van der Waals surface area contributed by atoms with Crippen molar-refractivity contribution in [2.45, 2.75) is 56.4 Å². The Labute approximate surface area is 147 Å². The number of hydrogen-bond acceptors (Lipinski definition) is 4. The van der Waals surface area contributed by atoms with Crippen molar-refractivity contribution >= 4 is 11.8 Å². The summed E-state index contributed by atoms with van der Waals surface area (Å²) < 4.78 is 10.9. The molecule has 2 heterocycles. The summed E-state index contributed by atoms with van der Waals surface area (Å²) >= 11 is 0. The first kappa shape index (κ1) is 16.2. The van der Waals surface area contributed by atoms with Crippen molar-refractivity contribution < 1.29 is 19.1 Å². The molecule has 1 saturated carbocycles. The highest BCUT2D eigenvalue weighted by atomic mass is 16.7. The molecule has 0 unspecified atom stereocenters. The molecule has 1 aromatic carbocycles. The van der Waals surface area contributed by atoms with Crippen LogP contribution in [0.25, 0.3) is 0 Å². The molecule has 1 saturated heterocycles. The maximum absolute atomic E-state index is 13.3. The summed E-state index contributed by atoms with van der Waals surface area (Å²) in [7, 11) is 0. The van der Waals surface area contributed by atoms with Crippen LogP contribution in [0.3, 0.4) is 0 Å². The lowest BCUT2D eigenvalue weighted by Crippen LogP contribution is -2.55. The second-order valence-electron chi connectivity index (χ2n) is 7.17. The fourth-order valence-corrected chi connectivity index (χ4v) is 4.20. The number of benzene rings is 1. The molecule has 1 atom stereocenters. The van der Waals surface area contributed by atoms with Crippen LogP contribution in [-0.2, 0) is 15.0 Å². The molecule has 2 fully saturated rings. The van der Waals surface area contributed by atoms with Crippen molar-refractivity contribution in [1.82, 2.24) is 10.6 Å². The van der Waals surface area contributed by atoms with Crippen molar-refractivity contribution in [3.8, 4) is 11.5 Å². The lowest BCUT2D eigenvalue weighted by Gasteiger charge is -2.38. The summed E-state index contributed by atoms with van der Waals surface area (Å²) in [5.41, 5.74) is 0.377. The highest BCUT2D eigenvalue weighted by Gasteiger charge is 2.43. The minimum absolute atomic E-state index is 0.0342. The van der Waals surface area contributed by atoms with E-state index in [0.29, 0.717) is 18.7 Å². The predicted molar refractivity (Wildman–Crippen MR) is 91.5 cm³/mol. The molecule has 0 bridgehead atoms. The lowest BCUT2D eigenvalue weighted by atomic mass is 9.68. The fraction of sp³-hybridized carbons (Fsp3) is 0.579. The SMILES string of the molecule is O=C1NCCC[C@@H]1NC(=O)C1(c2ccc3c(c2)OCO3)CCCCC1. The van der Waals surface area contributed by atoms with E-state index < -0.39 is 11.5 Å². The minimum atomic E-state index is -0.586. The number of amides is 2. The van der Waals surface area contributed by atoms with Crippen LogP contribution in [0.5, 0.6) is 11.5 Å². The van der Waals surface area contributed by atoms with Crippen molar-refractivity contribution in [1.29, 1.82) is 0 Å². The molecule has 1 aliphatic carbocycles. The predicted octanol–water partition coefficient (Wildman–Crippen LogP) is 2.01. The molecule has 2 N–H and O–H groups in total. The summed E-state index contributed by atoms with van der Waals surface area (Å²) in [4.78, 5) is 25.3. The van der Waals surface area contributed by atoms with Gasteiger partial charge < -0.3 is 20.1 Å². The number of ether oxygens (including phenoxy) is 2. The van der Waals surface area contributed by atoms with Crippen LogP contribution in [0, 0.1) is 0 Å². The van der Waals surface area contributed by atoms with Crippen LogP contribution in [0.1, 0.15) is 50.5 Å². The van der Waals surface area contributed by atoms with Gasteiger partial charge in [0.2, 0.25) is 18.6 Å². The molecule has 3 aliphatic rings. The van der Waals surface area contributed by atoms with Gasteiger partial charge in [0.15, 0.2) is 11.5 Å². The van der Waals surface area contributed by atoms with Gasteiger partial charge in [-0.1, -0.05) is 25.3 Å². The highest BCUT2D eigenvalue weighted by molar-refractivity contribution is 5.93. The van der Waals surface area contributed by atoms with Gasteiger partial charge in [0.25, 0.3) is 0 Å². The molecule has 2 aliphatic heterocycles. The quantitative estimate of drug-likeness (QED) is 0.879. The number of carbonyl (C=O) groups is 2. The number of carbonyl (C=O) groups excluding carboxylic acids is 2. The second kappa shape index (κ2) is 6.58. The first-order chi connectivity index (χ1) is 12.2. The summed E-state index contributed by atoms with van der Waals surface area (Å²) in [6.07, 6.45) is 6.36. The van der Waals surface area contributed by atoms with Crippen LogP contribution in [0.2, 0.25) is 0 Å². The van der Waals surface area contributed by atoms with E-state index in [4.69, 9.17) is 9.47 Å². The average molecular weight is 344 g/mol. The maximum atomic E-state index is 13.3. The van der Waals surface area contributed by atoms with Gasteiger partial charge in [0, 0.05) is 6.54 Å². The lowest BCUT2D eigenvalue weighted by molar-refractivity contribution is -0.134. The summed E-state index contributed by atoms with van der Waals surface area (Å²) in [6.45, 7) is 0.915. The monoisotopic (exact) mass is 344 g/mol. The van der Waals surface area contributed by atoms with E-state index in [2.05, 4.69) is 10.6 Å². The van der Waals surface area contributed by atoms with Gasteiger partial charge in [-0.3, -0.25) is 9.59 Å². The molecular weight excluding hydrogens is 320 g/mol. The third kappa shape index (κ3) is 2.94. The van der Waals surface area contributed by atoms with Crippen LogP contribution in [0.15, 0.2) is 18.2 Å². The Balaban J connectivity index is 1.62. The molecular formula is C19H24N2O4. The Morgan fingerprint density at radius 2 is 1.92 bits per heavy atom. The molecule has 6 nitrogen and oxygen atoms in total. The van der Waals surface area contributed by atoms with E-state index in [-0.39, 0.29) is 18.6 Å². The van der Waals surface area contributed by atoms with E-state index in [0.717, 1.165) is 49.8 Å². The highest BCUT2D eigenvalue weighted by Crippen LogP contribution is 2.43. The molecule has 2 amide bonds. The smallest absolute Gasteiger partial charge is 0.242 e. The van der Waals surface area contributed by atoms with Crippen molar-refractivity contribution in [2.24, 2.45) is 0 Å². The zero-order chi connectivity index (χ0) is 17.3. The first-order valence-corrected chi connectivity index (χ1v) is 9.18. The van der Waals surface area contributed by atoms with Crippen LogP contribution in [-0.4, -0.2) is 31.2 Å². The average Bonchev–Trinajstić information content (AvgIpc) is 3.12.